The Kier molecular flexibility index (Phi) is 6.53. The Balaban J connectivity index is 1.60. The number of anilines is 2. The lowest BCUT2D eigenvalue weighted by molar-refractivity contribution is 0.340. The molecule has 186 valence electrons. The second kappa shape index (κ2) is 9.78. The highest BCUT2D eigenvalue weighted by Gasteiger charge is 2.29. The predicted molar refractivity (Wildman–Crippen MR) is 140 cm³/mol. The van der Waals surface area contributed by atoms with Crippen molar-refractivity contribution in [2.24, 2.45) is 0 Å². The molecule has 0 saturated carbocycles. The number of aromatic nitrogens is 1. The van der Waals surface area contributed by atoms with E-state index in [1.807, 2.05) is 43.0 Å². The number of benzene rings is 3. The first kappa shape index (κ1) is 24.1. The number of hydrogen-bond donors (Lipinski definition) is 0. The molecule has 1 aliphatic rings. The number of rotatable bonds is 6. The molecule has 4 aromatic rings. The van der Waals surface area contributed by atoms with Crippen LogP contribution in [0.3, 0.4) is 0 Å². The Morgan fingerprint density at radius 3 is 2.33 bits per heavy atom. The van der Waals surface area contributed by atoms with Crippen LogP contribution in [-0.4, -0.2) is 46.2 Å². The van der Waals surface area contributed by atoms with Crippen molar-refractivity contribution in [3.8, 4) is 5.75 Å². The van der Waals surface area contributed by atoms with Gasteiger partial charge in [-0.1, -0.05) is 29.8 Å². The molecule has 0 bridgehead atoms. The Morgan fingerprint density at radius 1 is 0.944 bits per heavy atom. The summed E-state index contributed by atoms with van der Waals surface area (Å²) in [7, 11) is -3.84. The number of ether oxygens (including phenoxy) is 1. The van der Waals surface area contributed by atoms with Gasteiger partial charge in [0, 0.05) is 37.8 Å². The van der Waals surface area contributed by atoms with E-state index in [1.165, 1.54) is 12.3 Å². The maximum Gasteiger partial charge on any atom is 0.210 e. The van der Waals surface area contributed by atoms with Crippen LogP contribution in [0.4, 0.5) is 15.8 Å². The second-order valence-electron chi connectivity index (χ2n) is 8.83. The monoisotopic (exact) mass is 505 g/mol. The van der Waals surface area contributed by atoms with Crippen LogP contribution in [0.1, 0.15) is 12.5 Å². The smallest absolute Gasteiger partial charge is 0.210 e. The molecule has 1 fully saturated rings. The summed E-state index contributed by atoms with van der Waals surface area (Å²) in [6, 6.07) is 19.1. The maximum absolute atomic E-state index is 14.4. The summed E-state index contributed by atoms with van der Waals surface area (Å²) < 4.78 is 47.8. The number of aryl methyl sites for hydroxylation is 1. The fourth-order valence-corrected chi connectivity index (χ4v) is 6.08. The van der Waals surface area contributed by atoms with Crippen LogP contribution >= 0.6 is 0 Å². The van der Waals surface area contributed by atoms with Gasteiger partial charge in [-0.15, -0.1) is 0 Å². The van der Waals surface area contributed by atoms with E-state index < -0.39 is 9.84 Å². The average Bonchev–Trinajstić information content (AvgIpc) is 2.89. The molecular formula is C28H28FN3O3S. The molecule has 36 heavy (non-hydrogen) atoms. The van der Waals surface area contributed by atoms with E-state index in [0.717, 1.165) is 5.56 Å². The van der Waals surface area contributed by atoms with Gasteiger partial charge in [-0.05, 0) is 56.3 Å². The van der Waals surface area contributed by atoms with E-state index >= 15 is 0 Å². The highest BCUT2D eigenvalue weighted by Crippen LogP contribution is 2.38. The zero-order chi connectivity index (χ0) is 25.3. The van der Waals surface area contributed by atoms with E-state index in [9.17, 15) is 12.8 Å². The normalized spacial score (nSPS) is 14.3. The van der Waals surface area contributed by atoms with E-state index in [-0.39, 0.29) is 15.6 Å². The van der Waals surface area contributed by atoms with Crippen molar-refractivity contribution in [3.05, 3.63) is 84.3 Å². The largest absolute Gasteiger partial charge is 0.494 e. The zero-order valence-electron chi connectivity index (χ0n) is 20.3. The molecule has 0 spiro atoms. The summed E-state index contributed by atoms with van der Waals surface area (Å²) >= 11 is 0. The van der Waals surface area contributed by atoms with Gasteiger partial charge in [-0.3, -0.25) is 4.98 Å². The number of nitrogens with zero attached hydrogens (tertiary/aromatic N) is 3. The predicted octanol–water partition coefficient (Wildman–Crippen LogP) is 5.24. The fourth-order valence-electron chi connectivity index (χ4n) is 4.64. The molecule has 0 amide bonds. The Labute approximate surface area is 210 Å². The molecule has 6 nitrogen and oxygen atoms in total. The van der Waals surface area contributed by atoms with Crippen molar-refractivity contribution in [2.75, 3.05) is 42.6 Å². The van der Waals surface area contributed by atoms with E-state index in [4.69, 9.17) is 4.74 Å². The molecule has 8 heteroatoms. The van der Waals surface area contributed by atoms with Crippen LogP contribution in [-0.2, 0) is 9.84 Å². The van der Waals surface area contributed by atoms with Crippen LogP contribution in [0.2, 0.25) is 0 Å². The summed E-state index contributed by atoms with van der Waals surface area (Å²) in [4.78, 5) is 8.95. The Hall–Kier alpha value is -3.65. The van der Waals surface area contributed by atoms with Crippen molar-refractivity contribution in [2.45, 2.75) is 23.6 Å². The molecule has 1 aliphatic heterocycles. The Morgan fingerprint density at radius 2 is 1.64 bits per heavy atom. The number of sulfone groups is 1. The molecule has 3 aromatic carbocycles. The van der Waals surface area contributed by atoms with Gasteiger partial charge in [-0.25, -0.2) is 12.8 Å². The van der Waals surface area contributed by atoms with Gasteiger partial charge in [0.25, 0.3) is 0 Å². The SMILES string of the molecule is CCOc1ccc2ncc(S(=O)(=O)c3ccc(C)cc3)c(N3CCN(c4ccccc4F)CC3)c2c1. The molecule has 2 heterocycles. The van der Waals surface area contributed by atoms with Crippen molar-refractivity contribution >= 4 is 32.1 Å². The lowest BCUT2D eigenvalue weighted by atomic mass is 10.1. The number of fused-ring (bicyclic) bond motifs is 1. The first-order valence-electron chi connectivity index (χ1n) is 12.0. The van der Waals surface area contributed by atoms with Crippen LogP contribution in [0.25, 0.3) is 10.9 Å². The summed E-state index contributed by atoms with van der Waals surface area (Å²) in [5, 5.41) is 0.716. The van der Waals surface area contributed by atoms with E-state index in [1.54, 1.807) is 36.4 Å². The zero-order valence-corrected chi connectivity index (χ0v) is 21.1. The van der Waals surface area contributed by atoms with Gasteiger partial charge in [0.05, 0.1) is 28.4 Å². The summed E-state index contributed by atoms with van der Waals surface area (Å²) in [6.45, 7) is 6.50. The molecule has 0 radical (unpaired) electrons. The van der Waals surface area contributed by atoms with Gasteiger partial charge in [0.2, 0.25) is 9.84 Å². The summed E-state index contributed by atoms with van der Waals surface area (Å²) in [5.74, 6) is 0.396. The molecule has 1 saturated heterocycles. The van der Waals surface area contributed by atoms with Gasteiger partial charge < -0.3 is 14.5 Å². The average molecular weight is 506 g/mol. The van der Waals surface area contributed by atoms with Crippen LogP contribution < -0.4 is 14.5 Å². The van der Waals surface area contributed by atoms with Crippen LogP contribution in [0, 0.1) is 12.7 Å². The first-order chi connectivity index (χ1) is 17.4. The fraction of sp³-hybridized carbons (Fsp3) is 0.250. The van der Waals surface area contributed by atoms with Crippen molar-refractivity contribution in [1.82, 2.24) is 4.98 Å². The van der Waals surface area contributed by atoms with Crippen molar-refractivity contribution < 1.29 is 17.5 Å². The minimum atomic E-state index is -3.84. The second-order valence-corrected chi connectivity index (χ2v) is 10.7. The topological polar surface area (TPSA) is 62.7 Å². The standard InChI is InChI=1S/C28H28FN3O3S/c1-3-35-21-10-13-25-23(18-21)28(27(19-30-25)36(33,34)22-11-8-20(2)9-12-22)32-16-14-31(15-17-32)26-7-5-4-6-24(26)29/h4-13,18-19H,3,14-17H2,1-2H3. The number of para-hydroxylation sites is 1. The number of hydrogen-bond acceptors (Lipinski definition) is 6. The lowest BCUT2D eigenvalue weighted by Gasteiger charge is -2.38. The number of pyridine rings is 1. The minimum Gasteiger partial charge on any atom is -0.494 e. The minimum absolute atomic E-state index is 0.159. The third kappa shape index (κ3) is 4.48. The van der Waals surface area contributed by atoms with Crippen molar-refractivity contribution in [3.63, 3.8) is 0 Å². The molecule has 0 aliphatic carbocycles. The summed E-state index contributed by atoms with van der Waals surface area (Å²) in [6.07, 6.45) is 1.45. The van der Waals surface area contributed by atoms with Gasteiger partial charge in [0.1, 0.15) is 16.5 Å². The van der Waals surface area contributed by atoms with Gasteiger partial charge in [0.15, 0.2) is 0 Å². The molecule has 0 atom stereocenters. The molecule has 1 aromatic heterocycles. The van der Waals surface area contributed by atoms with Gasteiger partial charge in [-0.2, -0.15) is 0 Å². The third-order valence-corrected chi connectivity index (χ3v) is 8.27. The molecule has 5 rings (SSSR count). The molecular weight excluding hydrogens is 477 g/mol. The van der Waals surface area contributed by atoms with Gasteiger partial charge >= 0.3 is 0 Å². The van der Waals surface area contributed by atoms with Crippen LogP contribution in [0.15, 0.2) is 82.7 Å². The number of piperazine rings is 1. The first-order valence-corrected chi connectivity index (χ1v) is 13.5. The molecule has 0 N–H and O–H groups in total. The third-order valence-electron chi connectivity index (χ3n) is 6.50. The quantitative estimate of drug-likeness (QED) is 0.357. The lowest BCUT2D eigenvalue weighted by Crippen LogP contribution is -2.47. The van der Waals surface area contributed by atoms with E-state index in [0.29, 0.717) is 60.8 Å². The summed E-state index contributed by atoms with van der Waals surface area (Å²) in [5.41, 5.74) is 2.84. The maximum atomic E-state index is 14.4. The highest BCUT2D eigenvalue weighted by molar-refractivity contribution is 7.91. The Bertz CT molecular complexity index is 1500. The molecule has 0 unspecified atom stereocenters. The van der Waals surface area contributed by atoms with Crippen LogP contribution in [0.5, 0.6) is 5.75 Å². The number of halogens is 1. The van der Waals surface area contributed by atoms with Crippen molar-refractivity contribution in [1.29, 1.82) is 0 Å². The highest BCUT2D eigenvalue weighted by atomic mass is 32.2. The van der Waals surface area contributed by atoms with E-state index in [2.05, 4.69) is 9.88 Å².